The minimum absolute atomic E-state index is 0.121. The number of Topliss-reactive ketones (excluding diaryl/α,β-unsaturated/α-hetero) is 1. The van der Waals surface area contributed by atoms with Crippen LogP contribution < -0.4 is 0 Å². The Bertz CT molecular complexity index is 265. The van der Waals surface area contributed by atoms with Crippen LogP contribution >= 0.6 is 0 Å². The summed E-state index contributed by atoms with van der Waals surface area (Å²) in [6.07, 6.45) is 2.77. The van der Waals surface area contributed by atoms with Crippen LogP contribution in [0.1, 0.15) is 44.0 Å². The second-order valence-electron chi connectivity index (χ2n) is 3.54. The summed E-state index contributed by atoms with van der Waals surface area (Å²) in [4.78, 5) is 10.6. The van der Waals surface area contributed by atoms with Crippen molar-refractivity contribution in [1.82, 2.24) is 0 Å². The molecule has 0 unspecified atom stereocenters. The summed E-state index contributed by atoms with van der Waals surface area (Å²) in [5.41, 5.74) is 0.775. The Labute approximate surface area is 104 Å². The molecule has 0 radical (unpaired) electrons. The minimum atomic E-state index is 0.121. The number of benzene rings is 1. The van der Waals surface area contributed by atoms with Crippen LogP contribution in [-0.4, -0.2) is 17.3 Å². The van der Waals surface area contributed by atoms with Crippen molar-refractivity contribution in [2.45, 2.75) is 33.6 Å². The van der Waals surface area contributed by atoms with Gasteiger partial charge in [-0.15, -0.1) is 0 Å². The first-order valence-corrected chi connectivity index (χ1v) is 7.18. The molecular weight excluding hydrogens is 216 g/mol. The normalized spacial score (nSPS) is 9.19. The minimum Gasteiger partial charge on any atom is -0.295 e. The van der Waals surface area contributed by atoms with E-state index in [4.69, 9.17) is 0 Å². The molecule has 0 heterocycles. The van der Waals surface area contributed by atoms with Crippen LogP contribution in [-0.2, 0) is 11.8 Å². The first kappa shape index (κ1) is 15.2. The molecule has 16 heavy (non-hydrogen) atoms. The van der Waals surface area contributed by atoms with Crippen LogP contribution in [0.2, 0.25) is 0 Å². The third-order valence-electron chi connectivity index (χ3n) is 2.07. The molecule has 0 bridgehead atoms. The second-order valence-corrected chi connectivity index (χ2v) is 5.07. The molecular formula is C14H23OS+. The Morgan fingerprint density at radius 3 is 2.19 bits per heavy atom. The van der Waals surface area contributed by atoms with Crippen LogP contribution in [0, 0.1) is 0 Å². The van der Waals surface area contributed by atoms with Gasteiger partial charge in [0.05, 0.1) is 0 Å². The van der Waals surface area contributed by atoms with Gasteiger partial charge in [0.1, 0.15) is 11.5 Å². The SMILES string of the molecule is CC(=O)c1ccccc1.CCCC[SH+]CC. The number of hydrogen-bond acceptors (Lipinski definition) is 1. The van der Waals surface area contributed by atoms with Crippen molar-refractivity contribution in [3.05, 3.63) is 35.9 Å². The highest BCUT2D eigenvalue weighted by Gasteiger charge is 1.92. The summed E-state index contributed by atoms with van der Waals surface area (Å²) in [6.45, 7) is 6.04. The number of carbonyl (C=O) groups excluding carboxylic acids is 1. The van der Waals surface area contributed by atoms with Gasteiger partial charge in [0, 0.05) is 5.56 Å². The zero-order valence-electron chi connectivity index (χ0n) is 10.6. The van der Waals surface area contributed by atoms with Crippen molar-refractivity contribution in [3.63, 3.8) is 0 Å². The second kappa shape index (κ2) is 10.7. The quantitative estimate of drug-likeness (QED) is 0.332. The van der Waals surface area contributed by atoms with Gasteiger partial charge in [-0.3, -0.25) is 4.79 Å². The molecule has 90 valence electrons. The summed E-state index contributed by atoms with van der Waals surface area (Å²) >= 11 is 1.63. The van der Waals surface area contributed by atoms with E-state index in [-0.39, 0.29) is 5.78 Å². The van der Waals surface area contributed by atoms with Gasteiger partial charge in [-0.1, -0.05) is 43.7 Å². The molecule has 1 aromatic rings. The van der Waals surface area contributed by atoms with Gasteiger partial charge in [0.25, 0.3) is 0 Å². The molecule has 0 amide bonds. The lowest BCUT2D eigenvalue weighted by molar-refractivity contribution is 0.101. The van der Waals surface area contributed by atoms with Gasteiger partial charge in [-0.25, -0.2) is 0 Å². The largest absolute Gasteiger partial charge is 0.295 e. The summed E-state index contributed by atoms with van der Waals surface area (Å²) in [6, 6.07) is 9.23. The molecule has 1 rings (SSSR count). The van der Waals surface area contributed by atoms with Crippen molar-refractivity contribution in [2.24, 2.45) is 0 Å². The van der Waals surface area contributed by atoms with Crippen LogP contribution in [0.15, 0.2) is 30.3 Å². The molecule has 0 saturated heterocycles. The van der Waals surface area contributed by atoms with E-state index >= 15 is 0 Å². The highest BCUT2D eigenvalue weighted by molar-refractivity contribution is 7.78. The number of unbranched alkanes of at least 4 members (excludes halogenated alkanes) is 1. The number of ketones is 1. The van der Waals surface area contributed by atoms with Crippen molar-refractivity contribution in [3.8, 4) is 0 Å². The third kappa shape index (κ3) is 8.54. The van der Waals surface area contributed by atoms with Gasteiger partial charge in [0.15, 0.2) is 5.78 Å². The summed E-state index contributed by atoms with van der Waals surface area (Å²) in [5.74, 6) is 2.86. The Hall–Kier alpha value is -0.760. The van der Waals surface area contributed by atoms with Gasteiger partial charge in [0.2, 0.25) is 0 Å². The van der Waals surface area contributed by atoms with Crippen molar-refractivity contribution in [2.75, 3.05) is 11.5 Å². The predicted molar refractivity (Wildman–Crippen MR) is 75.5 cm³/mol. The van der Waals surface area contributed by atoms with Gasteiger partial charge in [-0.05, 0) is 32.0 Å². The van der Waals surface area contributed by atoms with Gasteiger partial charge >= 0.3 is 0 Å². The van der Waals surface area contributed by atoms with Crippen LogP contribution in [0.3, 0.4) is 0 Å². The van der Waals surface area contributed by atoms with E-state index < -0.39 is 0 Å². The monoisotopic (exact) mass is 239 g/mol. The van der Waals surface area contributed by atoms with E-state index in [2.05, 4.69) is 13.8 Å². The zero-order valence-corrected chi connectivity index (χ0v) is 11.5. The van der Waals surface area contributed by atoms with E-state index in [0.717, 1.165) is 5.56 Å². The van der Waals surface area contributed by atoms with Crippen LogP contribution in [0.5, 0.6) is 0 Å². The Morgan fingerprint density at radius 1 is 1.19 bits per heavy atom. The fraction of sp³-hybridized carbons (Fsp3) is 0.500. The molecule has 0 aliphatic heterocycles. The maximum atomic E-state index is 10.6. The maximum Gasteiger partial charge on any atom is 0.159 e. The molecule has 2 heteroatoms. The molecule has 1 nitrogen and oxygen atoms in total. The van der Waals surface area contributed by atoms with Crippen LogP contribution in [0.25, 0.3) is 0 Å². The van der Waals surface area contributed by atoms with Crippen molar-refractivity contribution >= 4 is 17.5 Å². The molecule has 0 aliphatic carbocycles. The first-order valence-electron chi connectivity index (χ1n) is 5.91. The highest BCUT2D eigenvalue weighted by Crippen LogP contribution is 1.97. The summed E-state index contributed by atoms with van der Waals surface area (Å²) in [5, 5.41) is 0. The van der Waals surface area contributed by atoms with E-state index in [0.29, 0.717) is 0 Å². The number of rotatable bonds is 5. The summed E-state index contributed by atoms with van der Waals surface area (Å²) < 4.78 is 0. The molecule has 0 atom stereocenters. The van der Waals surface area contributed by atoms with E-state index in [1.807, 2.05) is 30.3 Å². The number of thiol groups is 1. The van der Waals surface area contributed by atoms with E-state index in [1.54, 1.807) is 18.7 Å². The van der Waals surface area contributed by atoms with Crippen LogP contribution in [0.4, 0.5) is 0 Å². The number of hydrogen-bond donors (Lipinski definition) is 0. The zero-order chi connectivity index (χ0) is 12.2. The Balaban J connectivity index is 0.000000293. The fourth-order valence-corrected chi connectivity index (χ4v) is 1.96. The lowest BCUT2D eigenvalue weighted by Crippen LogP contribution is -1.89. The molecule has 0 aliphatic rings. The Kier molecular flexibility index (Phi) is 10.2. The highest BCUT2D eigenvalue weighted by atomic mass is 32.2. The van der Waals surface area contributed by atoms with Crippen molar-refractivity contribution < 1.29 is 4.79 Å². The topological polar surface area (TPSA) is 17.1 Å². The molecule has 0 spiro atoms. The first-order chi connectivity index (χ1) is 7.72. The lowest BCUT2D eigenvalue weighted by atomic mass is 10.2. The Morgan fingerprint density at radius 2 is 1.81 bits per heavy atom. The maximum absolute atomic E-state index is 10.6. The van der Waals surface area contributed by atoms with Gasteiger partial charge in [-0.2, -0.15) is 0 Å². The standard InChI is InChI=1S/C8H8O.C6H14S/c1-7(9)8-5-3-2-4-6-8;1-3-5-6-7-4-2/h2-6H,1H3;3-6H2,1-2H3/p+1. The number of carbonyl (C=O) groups is 1. The van der Waals surface area contributed by atoms with E-state index in [9.17, 15) is 4.79 Å². The predicted octanol–water partition coefficient (Wildman–Crippen LogP) is 3.51. The fourth-order valence-electron chi connectivity index (χ4n) is 1.10. The molecule has 0 aromatic heterocycles. The smallest absolute Gasteiger partial charge is 0.159 e. The average molecular weight is 239 g/mol. The molecule has 0 saturated carbocycles. The average Bonchev–Trinajstić information content (AvgIpc) is 2.32. The van der Waals surface area contributed by atoms with E-state index in [1.165, 1.54) is 24.3 Å². The third-order valence-corrected chi connectivity index (χ3v) is 3.15. The summed E-state index contributed by atoms with van der Waals surface area (Å²) in [7, 11) is 0. The van der Waals surface area contributed by atoms with Gasteiger partial charge < -0.3 is 0 Å². The molecule has 0 N–H and O–H groups in total. The molecule has 0 fully saturated rings. The molecule has 1 aromatic carbocycles. The van der Waals surface area contributed by atoms with Crippen molar-refractivity contribution in [1.29, 1.82) is 0 Å². The lowest BCUT2D eigenvalue weighted by Gasteiger charge is -1.89.